The molecule has 2 amide bonds. The molecule has 2 aromatic carbocycles. The van der Waals surface area contributed by atoms with Crippen molar-refractivity contribution in [3.63, 3.8) is 0 Å². The van der Waals surface area contributed by atoms with Crippen LogP contribution in [0.4, 0.5) is 11.4 Å². The summed E-state index contributed by atoms with van der Waals surface area (Å²) < 4.78 is 1.69. The molecule has 0 fully saturated rings. The van der Waals surface area contributed by atoms with Crippen LogP contribution in [0.25, 0.3) is 16.4 Å². The van der Waals surface area contributed by atoms with Crippen LogP contribution in [0.3, 0.4) is 0 Å². The Morgan fingerprint density at radius 3 is 2.65 bits per heavy atom. The van der Waals surface area contributed by atoms with Gasteiger partial charge in [-0.15, -0.1) is 16.4 Å². The monoisotopic (exact) mass is 429 g/mol. The molecule has 2 aromatic heterocycles. The van der Waals surface area contributed by atoms with E-state index in [0.717, 1.165) is 28.2 Å². The number of benzene rings is 2. The van der Waals surface area contributed by atoms with Gasteiger partial charge in [0.1, 0.15) is 0 Å². The molecule has 1 aliphatic rings. The minimum atomic E-state index is -0.381. The first kappa shape index (κ1) is 19.2. The predicted octanol–water partition coefficient (Wildman–Crippen LogP) is 4.16. The van der Waals surface area contributed by atoms with E-state index in [1.54, 1.807) is 33.9 Å². The van der Waals surface area contributed by atoms with E-state index in [4.69, 9.17) is 0 Å². The lowest BCUT2D eigenvalue weighted by Crippen LogP contribution is -2.25. The van der Waals surface area contributed by atoms with Crippen molar-refractivity contribution in [1.82, 2.24) is 14.8 Å². The minimum absolute atomic E-state index is 0.0206. The summed E-state index contributed by atoms with van der Waals surface area (Å²) in [4.78, 5) is 31.9. The molecular formula is C23H19N5O2S. The molecular weight excluding hydrogens is 410 g/mol. The summed E-state index contributed by atoms with van der Waals surface area (Å²) in [6, 6.07) is 19.1. The number of carbonyl (C=O) groups is 2. The van der Waals surface area contributed by atoms with Crippen LogP contribution in [0.1, 0.15) is 23.1 Å². The molecule has 4 aromatic rings. The minimum Gasteiger partial charge on any atom is -0.319 e. The molecule has 0 saturated heterocycles. The van der Waals surface area contributed by atoms with Crippen LogP contribution < -0.4 is 10.2 Å². The van der Waals surface area contributed by atoms with Gasteiger partial charge >= 0.3 is 0 Å². The zero-order valence-corrected chi connectivity index (χ0v) is 17.6. The fraction of sp³-hybridized carbons (Fsp3) is 0.130. The Labute approximate surface area is 183 Å². The highest BCUT2D eigenvalue weighted by Crippen LogP contribution is 2.31. The van der Waals surface area contributed by atoms with Gasteiger partial charge in [-0.05, 0) is 53.8 Å². The Hall–Kier alpha value is -3.78. The average Bonchev–Trinajstić information content (AvgIpc) is 3.52. The molecule has 1 N–H and O–H groups in total. The Balaban J connectivity index is 1.45. The first-order valence-electron chi connectivity index (χ1n) is 9.89. The van der Waals surface area contributed by atoms with Gasteiger partial charge in [-0.25, -0.2) is 9.67 Å². The Morgan fingerprint density at radius 1 is 1.06 bits per heavy atom. The van der Waals surface area contributed by atoms with Crippen molar-refractivity contribution >= 4 is 34.5 Å². The molecule has 0 unspecified atom stereocenters. The van der Waals surface area contributed by atoms with E-state index in [-0.39, 0.29) is 17.6 Å². The number of para-hydroxylation sites is 1. The fourth-order valence-electron chi connectivity index (χ4n) is 3.72. The lowest BCUT2D eigenvalue weighted by Gasteiger charge is -2.14. The number of nitrogens with zero attached hydrogens (tertiary/aromatic N) is 4. The average molecular weight is 430 g/mol. The maximum absolute atomic E-state index is 12.9. The van der Waals surface area contributed by atoms with Crippen molar-refractivity contribution in [2.24, 2.45) is 0 Å². The molecule has 0 saturated carbocycles. The summed E-state index contributed by atoms with van der Waals surface area (Å²) in [5.74, 6) is 0.358. The van der Waals surface area contributed by atoms with Gasteiger partial charge in [0.05, 0.1) is 10.6 Å². The van der Waals surface area contributed by atoms with Gasteiger partial charge in [0.2, 0.25) is 11.7 Å². The quantitative estimate of drug-likeness (QED) is 0.528. The van der Waals surface area contributed by atoms with E-state index in [1.165, 1.54) is 0 Å². The Bertz CT molecular complexity index is 1260. The zero-order valence-electron chi connectivity index (χ0n) is 16.8. The van der Waals surface area contributed by atoms with Crippen LogP contribution in [0.15, 0.2) is 66.0 Å². The van der Waals surface area contributed by atoms with Gasteiger partial charge in [0.15, 0.2) is 5.82 Å². The van der Waals surface area contributed by atoms with Crippen molar-refractivity contribution in [3.8, 4) is 16.4 Å². The van der Waals surface area contributed by atoms with Crippen molar-refractivity contribution in [2.75, 3.05) is 16.8 Å². The summed E-state index contributed by atoms with van der Waals surface area (Å²) in [5, 5.41) is 9.35. The number of anilines is 2. The first-order valence-corrected chi connectivity index (χ1v) is 10.8. The largest absolute Gasteiger partial charge is 0.319 e. The molecule has 3 heterocycles. The van der Waals surface area contributed by atoms with Crippen LogP contribution in [0.2, 0.25) is 0 Å². The summed E-state index contributed by atoms with van der Waals surface area (Å²) in [7, 11) is 0. The number of rotatable bonds is 4. The van der Waals surface area contributed by atoms with E-state index >= 15 is 0 Å². The fourth-order valence-corrected chi connectivity index (χ4v) is 4.41. The molecule has 0 radical (unpaired) electrons. The van der Waals surface area contributed by atoms with Crippen LogP contribution in [-0.2, 0) is 11.2 Å². The topological polar surface area (TPSA) is 80.1 Å². The highest BCUT2D eigenvalue weighted by Gasteiger charge is 2.23. The lowest BCUT2D eigenvalue weighted by atomic mass is 10.1. The molecule has 7 nitrogen and oxygen atoms in total. The number of carbonyl (C=O) groups excluding carboxylic acids is 2. The van der Waals surface area contributed by atoms with Crippen LogP contribution in [0.5, 0.6) is 0 Å². The van der Waals surface area contributed by atoms with Gasteiger partial charge in [-0.1, -0.05) is 24.3 Å². The number of aromatic nitrogens is 3. The summed E-state index contributed by atoms with van der Waals surface area (Å²) in [6.45, 7) is 2.22. The number of hydrogen-bond acceptors (Lipinski definition) is 5. The van der Waals surface area contributed by atoms with Crippen molar-refractivity contribution in [1.29, 1.82) is 0 Å². The third-order valence-electron chi connectivity index (χ3n) is 5.17. The third kappa shape index (κ3) is 3.62. The van der Waals surface area contributed by atoms with Crippen molar-refractivity contribution in [2.45, 2.75) is 13.3 Å². The number of thiophene rings is 1. The number of hydrogen-bond donors (Lipinski definition) is 1. The molecule has 8 heteroatoms. The summed E-state index contributed by atoms with van der Waals surface area (Å²) in [5.41, 5.74) is 3.43. The standard InChI is InChI=1S/C23H19N5O2S/c1-15(29)27-12-11-16-14-17(9-10-19(16)27)24-23(30)21-25-22(20-8-5-13-31-20)28(26-21)18-6-3-2-4-7-18/h2-10,13-14H,11-12H2,1H3,(H,24,30). The van der Waals surface area contributed by atoms with Crippen LogP contribution in [-0.4, -0.2) is 33.1 Å². The molecule has 1 aliphatic heterocycles. The second-order valence-electron chi connectivity index (χ2n) is 7.20. The molecule has 31 heavy (non-hydrogen) atoms. The number of amides is 2. The molecule has 0 atom stereocenters. The number of fused-ring (bicyclic) bond motifs is 1. The zero-order chi connectivity index (χ0) is 21.4. The van der Waals surface area contributed by atoms with Crippen molar-refractivity contribution < 1.29 is 9.59 Å². The summed E-state index contributed by atoms with van der Waals surface area (Å²) in [6.07, 6.45) is 0.766. The Morgan fingerprint density at radius 2 is 1.90 bits per heavy atom. The highest BCUT2D eigenvalue weighted by molar-refractivity contribution is 7.13. The van der Waals surface area contributed by atoms with E-state index in [1.807, 2.05) is 60.0 Å². The molecule has 154 valence electrons. The second-order valence-corrected chi connectivity index (χ2v) is 8.15. The molecule has 0 spiro atoms. The maximum atomic E-state index is 12.9. The lowest BCUT2D eigenvalue weighted by molar-refractivity contribution is -0.116. The van der Waals surface area contributed by atoms with Gasteiger partial charge in [0.25, 0.3) is 5.91 Å². The Kier molecular flexibility index (Phi) is 4.83. The van der Waals surface area contributed by atoms with Gasteiger partial charge in [-0.2, -0.15) is 0 Å². The van der Waals surface area contributed by atoms with Gasteiger partial charge < -0.3 is 10.2 Å². The van der Waals surface area contributed by atoms with E-state index in [2.05, 4.69) is 15.4 Å². The third-order valence-corrected chi connectivity index (χ3v) is 6.03. The smallest absolute Gasteiger partial charge is 0.295 e. The second kappa shape index (κ2) is 7.81. The van der Waals surface area contributed by atoms with Gasteiger partial charge in [-0.3, -0.25) is 9.59 Å². The van der Waals surface area contributed by atoms with Crippen LogP contribution >= 0.6 is 11.3 Å². The number of nitrogens with one attached hydrogen (secondary N) is 1. The molecule has 0 bridgehead atoms. The molecule has 5 rings (SSSR count). The molecule has 0 aliphatic carbocycles. The SMILES string of the molecule is CC(=O)N1CCc2cc(NC(=O)c3nc(-c4cccs4)n(-c4ccccc4)n3)ccc21. The van der Waals surface area contributed by atoms with Crippen molar-refractivity contribution in [3.05, 3.63) is 77.4 Å². The van der Waals surface area contributed by atoms with E-state index < -0.39 is 0 Å². The van der Waals surface area contributed by atoms with Gasteiger partial charge in [0, 0.05) is 24.8 Å². The summed E-state index contributed by atoms with van der Waals surface area (Å²) >= 11 is 1.54. The van der Waals surface area contributed by atoms with E-state index in [9.17, 15) is 9.59 Å². The maximum Gasteiger partial charge on any atom is 0.295 e. The highest BCUT2D eigenvalue weighted by atomic mass is 32.1. The van der Waals surface area contributed by atoms with Crippen LogP contribution in [0, 0.1) is 0 Å². The first-order chi connectivity index (χ1) is 15.1. The normalized spacial score (nSPS) is 12.6. The van der Waals surface area contributed by atoms with E-state index in [0.29, 0.717) is 18.1 Å². The predicted molar refractivity (Wildman–Crippen MR) is 121 cm³/mol.